The molecular formula is C17H27NO5. The van der Waals surface area contributed by atoms with Gasteiger partial charge in [0.05, 0.1) is 0 Å². The van der Waals surface area contributed by atoms with Gasteiger partial charge in [-0.1, -0.05) is 6.08 Å². The van der Waals surface area contributed by atoms with Crippen LogP contribution in [0.1, 0.15) is 54.4 Å². The van der Waals surface area contributed by atoms with Gasteiger partial charge in [0.2, 0.25) is 5.91 Å². The molecule has 1 aliphatic heterocycles. The van der Waals surface area contributed by atoms with Crippen LogP contribution in [0.25, 0.3) is 0 Å². The topological polar surface area (TPSA) is 72.9 Å². The van der Waals surface area contributed by atoms with Crippen molar-refractivity contribution in [2.75, 3.05) is 0 Å². The minimum atomic E-state index is -0.957. The minimum Gasteiger partial charge on any atom is -0.458 e. The van der Waals surface area contributed by atoms with E-state index in [2.05, 4.69) is 6.58 Å². The predicted molar refractivity (Wildman–Crippen MR) is 85.6 cm³/mol. The van der Waals surface area contributed by atoms with Gasteiger partial charge in [-0.3, -0.25) is 4.79 Å². The average Bonchev–Trinajstić information content (AvgIpc) is 2.63. The summed E-state index contributed by atoms with van der Waals surface area (Å²) in [6.45, 7) is 13.9. The van der Waals surface area contributed by atoms with Crippen molar-refractivity contribution in [3.05, 3.63) is 12.7 Å². The Bertz CT molecular complexity index is 498. The van der Waals surface area contributed by atoms with Gasteiger partial charge in [-0.2, -0.15) is 0 Å². The molecule has 1 heterocycles. The molecule has 1 saturated heterocycles. The van der Waals surface area contributed by atoms with Crippen LogP contribution in [0.4, 0.5) is 4.79 Å². The first-order valence-corrected chi connectivity index (χ1v) is 7.75. The zero-order valence-electron chi connectivity index (χ0n) is 14.8. The SMILES string of the molecule is C=CC[C@@H]1C[C@@H](C(=O)OC(C)(C)C)N(C(=O)OC(C)(C)C)C1=O. The maximum absolute atomic E-state index is 12.5. The lowest BCUT2D eigenvalue weighted by Crippen LogP contribution is -2.47. The molecule has 0 unspecified atom stereocenters. The summed E-state index contributed by atoms with van der Waals surface area (Å²) < 4.78 is 10.6. The molecule has 0 N–H and O–H groups in total. The number of hydrogen-bond donors (Lipinski definition) is 0. The number of nitrogens with zero attached hydrogens (tertiary/aromatic N) is 1. The molecule has 2 amide bonds. The Labute approximate surface area is 137 Å². The molecular weight excluding hydrogens is 298 g/mol. The van der Waals surface area contributed by atoms with Gasteiger partial charge in [0, 0.05) is 5.92 Å². The lowest BCUT2D eigenvalue weighted by molar-refractivity contribution is -0.161. The van der Waals surface area contributed by atoms with Crippen LogP contribution in [-0.2, 0) is 19.1 Å². The highest BCUT2D eigenvalue weighted by molar-refractivity contribution is 6.00. The Kier molecular flexibility index (Phi) is 5.61. The Morgan fingerprint density at radius 1 is 1.17 bits per heavy atom. The molecule has 0 aromatic heterocycles. The summed E-state index contributed by atoms with van der Waals surface area (Å²) >= 11 is 0. The monoisotopic (exact) mass is 325 g/mol. The molecule has 0 spiro atoms. The number of esters is 1. The molecule has 23 heavy (non-hydrogen) atoms. The van der Waals surface area contributed by atoms with Crippen LogP contribution in [0, 0.1) is 5.92 Å². The fourth-order valence-corrected chi connectivity index (χ4v) is 2.32. The molecule has 130 valence electrons. The van der Waals surface area contributed by atoms with E-state index in [-0.39, 0.29) is 6.42 Å². The number of hydrogen-bond acceptors (Lipinski definition) is 5. The van der Waals surface area contributed by atoms with Crippen molar-refractivity contribution < 1.29 is 23.9 Å². The predicted octanol–water partition coefficient (Wildman–Crippen LogP) is 3.06. The van der Waals surface area contributed by atoms with Crippen LogP contribution in [0.15, 0.2) is 12.7 Å². The van der Waals surface area contributed by atoms with Crippen LogP contribution in [-0.4, -0.2) is 40.1 Å². The molecule has 1 aliphatic rings. The van der Waals surface area contributed by atoms with E-state index in [4.69, 9.17) is 9.47 Å². The number of rotatable bonds is 3. The first-order chi connectivity index (χ1) is 10.4. The second-order valence-electron chi connectivity index (χ2n) is 7.69. The Balaban J connectivity index is 3.03. The fraction of sp³-hybridized carbons (Fsp3) is 0.706. The Morgan fingerprint density at radius 3 is 2.13 bits per heavy atom. The van der Waals surface area contributed by atoms with E-state index in [9.17, 15) is 14.4 Å². The lowest BCUT2D eigenvalue weighted by atomic mass is 10.0. The number of carbonyl (C=O) groups excluding carboxylic acids is 3. The van der Waals surface area contributed by atoms with Gasteiger partial charge in [-0.15, -0.1) is 6.58 Å². The maximum Gasteiger partial charge on any atom is 0.417 e. The van der Waals surface area contributed by atoms with E-state index < -0.39 is 41.1 Å². The third-order valence-corrected chi connectivity index (χ3v) is 3.13. The van der Waals surface area contributed by atoms with Crippen LogP contribution in [0.5, 0.6) is 0 Å². The second-order valence-corrected chi connectivity index (χ2v) is 7.69. The first kappa shape index (κ1) is 19.2. The van der Waals surface area contributed by atoms with Crippen molar-refractivity contribution in [1.82, 2.24) is 4.90 Å². The molecule has 0 aromatic rings. The van der Waals surface area contributed by atoms with Crippen molar-refractivity contribution in [1.29, 1.82) is 0 Å². The van der Waals surface area contributed by atoms with E-state index in [1.165, 1.54) is 0 Å². The zero-order valence-corrected chi connectivity index (χ0v) is 14.8. The summed E-state index contributed by atoms with van der Waals surface area (Å²) in [6.07, 6.45) is 1.41. The van der Waals surface area contributed by atoms with Crippen molar-refractivity contribution >= 4 is 18.0 Å². The van der Waals surface area contributed by atoms with Crippen molar-refractivity contribution in [2.45, 2.75) is 71.6 Å². The number of likely N-dealkylation sites (tertiary alicyclic amines) is 1. The van der Waals surface area contributed by atoms with E-state index >= 15 is 0 Å². The molecule has 0 aromatic carbocycles. The Morgan fingerprint density at radius 2 is 1.70 bits per heavy atom. The molecule has 0 saturated carbocycles. The molecule has 0 bridgehead atoms. The quantitative estimate of drug-likeness (QED) is 0.589. The molecule has 1 rings (SSSR count). The Hall–Kier alpha value is -1.85. The average molecular weight is 325 g/mol. The smallest absolute Gasteiger partial charge is 0.417 e. The van der Waals surface area contributed by atoms with Crippen molar-refractivity contribution in [2.24, 2.45) is 5.92 Å². The fourth-order valence-electron chi connectivity index (χ4n) is 2.32. The van der Waals surface area contributed by atoms with Gasteiger partial charge in [0.25, 0.3) is 0 Å². The summed E-state index contributed by atoms with van der Waals surface area (Å²) in [6, 6.07) is -0.957. The van der Waals surface area contributed by atoms with E-state index in [1.807, 2.05) is 0 Å². The third kappa shape index (κ3) is 5.37. The van der Waals surface area contributed by atoms with Crippen LogP contribution >= 0.6 is 0 Å². The number of imide groups is 1. The van der Waals surface area contributed by atoms with Gasteiger partial charge in [-0.25, -0.2) is 14.5 Å². The highest BCUT2D eigenvalue weighted by Gasteiger charge is 2.48. The van der Waals surface area contributed by atoms with Gasteiger partial charge in [-0.05, 0) is 54.4 Å². The largest absolute Gasteiger partial charge is 0.458 e. The van der Waals surface area contributed by atoms with E-state index in [0.717, 1.165) is 4.90 Å². The lowest BCUT2D eigenvalue weighted by Gasteiger charge is -2.28. The standard InChI is InChI=1S/C17H27NO5/c1-8-9-11-10-12(14(20)22-16(2,3)4)18(13(11)19)15(21)23-17(5,6)7/h8,11-12H,1,9-10H2,2-7H3/t11-,12+/m1/s1. The molecule has 2 atom stereocenters. The van der Waals surface area contributed by atoms with E-state index in [1.54, 1.807) is 47.6 Å². The summed E-state index contributed by atoms with van der Waals surface area (Å²) in [7, 11) is 0. The normalized spacial score (nSPS) is 22.0. The molecule has 1 fully saturated rings. The third-order valence-electron chi connectivity index (χ3n) is 3.13. The number of amides is 2. The van der Waals surface area contributed by atoms with Crippen molar-refractivity contribution in [3.63, 3.8) is 0 Å². The van der Waals surface area contributed by atoms with Crippen molar-refractivity contribution in [3.8, 4) is 0 Å². The van der Waals surface area contributed by atoms with Gasteiger partial charge < -0.3 is 9.47 Å². The van der Waals surface area contributed by atoms with Gasteiger partial charge >= 0.3 is 12.1 Å². The number of carbonyl (C=O) groups is 3. The van der Waals surface area contributed by atoms with Gasteiger partial charge in [0.1, 0.15) is 17.2 Å². The summed E-state index contributed by atoms with van der Waals surface area (Å²) in [5.74, 6) is -1.48. The molecule has 6 nitrogen and oxygen atoms in total. The second kappa shape index (κ2) is 6.72. The maximum atomic E-state index is 12.5. The van der Waals surface area contributed by atoms with Gasteiger partial charge in [0.15, 0.2) is 0 Å². The zero-order chi connectivity index (χ0) is 18.0. The van der Waals surface area contributed by atoms with E-state index in [0.29, 0.717) is 6.42 Å². The first-order valence-electron chi connectivity index (χ1n) is 7.75. The minimum absolute atomic E-state index is 0.221. The van der Waals surface area contributed by atoms with Crippen LogP contribution in [0.2, 0.25) is 0 Å². The summed E-state index contributed by atoms with van der Waals surface area (Å²) in [5, 5.41) is 0. The number of allylic oxidation sites excluding steroid dienone is 1. The van der Waals surface area contributed by atoms with Crippen LogP contribution in [0.3, 0.4) is 0 Å². The summed E-state index contributed by atoms with van der Waals surface area (Å²) in [4.78, 5) is 38.1. The summed E-state index contributed by atoms with van der Waals surface area (Å²) in [5.41, 5.74) is -1.46. The molecule has 0 radical (unpaired) electrons. The van der Waals surface area contributed by atoms with Crippen LogP contribution < -0.4 is 0 Å². The highest BCUT2D eigenvalue weighted by atomic mass is 16.6. The number of ether oxygens (including phenoxy) is 2. The molecule has 6 heteroatoms. The highest BCUT2D eigenvalue weighted by Crippen LogP contribution is 2.31. The molecule has 0 aliphatic carbocycles.